The lowest BCUT2D eigenvalue weighted by Crippen LogP contribution is -2.09. The molecule has 1 aromatic carbocycles. The summed E-state index contributed by atoms with van der Waals surface area (Å²) in [6.07, 6.45) is 0. The van der Waals surface area contributed by atoms with Crippen LogP contribution in [0, 0.1) is 6.92 Å². The van der Waals surface area contributed by atoms with Crippen molar-refractivity contribution in [2.45, 2.75) is 20.8 Å². The maximum absolute atomic E-state index is 12.0. The van der Waals surface area contributed by atoms with E-state index in [2.05, 4.69) is 4.18 Å². The predicted octanol–water partition coefficient (Wildman–Crippen LogP) is 2.53. The summed E-state index contributed by atoms with van der Waals surface area (Å²) in [7, 11) is -5.00. The molecule has 0 aliphatic heterocycles. The molecule has 0 saturated heterocycles. The Labute approximate surface area is 139 Å². The molecule has 0 aliphatic rings. The first-order chi connectivity index (χ1) is 10.8. The number of carbonyl (C=O) groups excluding carboxylic acids is 1. The van der Waals surface area contributed by atoms with Crippen LogP contribution in [-0.2, 0) is 15.1 Å². The van der Waals surface area contributed by atoms with Crippen molar-refractivity contribution in [2.75, 3.05) is 13.2 Å². The number of rotatable bonds is 6. The van der Waals surface area contributed by atoms with Crippen LogP contribution in [0.15, 0.2) is 16.5 Å². The van der Waals surface area contributed by atoms with E-state index in [0.29, 0.717) is 5.76 Å². The third-order valence-corrected chi connectivity index (χ3v) is 3.29. The van der Waals surface area contributed by atoms with Gasteiger partial charge in [0.1, 0.15) is 16.9 Å². The van der Waals surface area contributed by atoms with E-state index in [9.17, 15) is 17.8 Å². The van der Waals surface area contributed by atoms with E-state index in [4.69, 9.17) is 13.9 Å². The highest BCUT2D eigenvalue weighted by Crippen LogP contribution is 2.37. The first-order valence-electron chi connectivity index (χ1n) is 6.79. The van der Waals surface area contributed by atoms with Crippen molar-refractivity contribution in [1.29, 1.82) is 0 Å². The Morgan fingerprint density at radius 3 is 2.42 bits per heavy atom. The van der Waals surface area contributed by atoms with Crippen molar-refractivity contribution in [3.63, 3.8) is 0 Å². The van der Waals surface area contributed by atoms with Crippen LogP contribution in [0.5, 0.6) is 11.5 Å². The molecular formula is C14H19NO8S. The Morgan fingerprint density at radius 2 is 1.88 bits per heavy atom. The molecule has 1 aromatic heterocycles. The maximum Gasteiger partial charge on any atom is 0.342 e. The topological polar surface area (TPSA) is 152 Å². The van der Waals surface area contributed by atoms with Crippen LogP contribution in [0.2, 0.25) is 0 Å². The average Bonchev–Trinajstić information content (AvgIpc) is 2.73. The first kappa shape index (κ1) is 19.7. The molecule has 0 spiro atoms. The van der Waals surface area contributed by atoms with Gasteiger partial charge in [-0.2, -0.15) is 0 Å². The van der Waals surface area contributed by atoms with Crippen molar-refractivity contribution in [3.8, 4) is 11.5 Å². The zero-order chi connectivity index (χ0) is 17.2. The number of carbonyl (C=O) groups is 1. The summed E-state index contributed by atoms with van der Waals surface area (Å²) in [5.41, 5.74) is 0.419. The van der Waals surface area contributed by atoms with Gasteiger partial charge in [0.25, 0.3) is 10.4 Å². The van der Waals surface area contributed by atoms with Gasteiger partial charge in [0.15, 0.2) is 11.5 Å². The molecule has 0 unspecified atom stereocenters. The Kier molecular flexibility index (Phi) is 6.18. The van der Waals surface area contributed by atoms with Gasteiger partial charge < -0.3 is 28.8 Å². The number of ether oxygens (including phenoxy) is 2. The molecule has 0 radical (unpaired) electrons. The molecule has 1 heterocycles. The second kappa shape index (κ2) is 7.51. The Balaban J connectivity index is 0.00000288. The fourth-order valence-corrected chi connectivity index (χ4v) is 2.48. The molecule has 0 amide bonds. The molecular weight excluding hydrogens is 342 g/mol. The van der Waals surface area contributed by atoms with Gasteiger partial charge in [-0.1, -0.05) is 0 Å². The molecule has 134 valence electrons. The van der Waals surface area contributed by atoms with Gasteiger partial charge in [-0.3, -0.25) is 0 Å². The van der Waals surface area contributed by atoms with Crippen molar-refractivity contribution < 1.29 is 35.8 Å². The number of hydrogen-bond acceptors (Lipinski definition) is 8. The summed E-state index contributed by atoms with van der Waals surface area (Å²) in [6, 6.07) is 2.56. The van der Waals surface area contributed by atoms with Gasteiger partial charge in [0.2, 0.25) is 0 Å². The van der Waals surface area contributed by atoms with Crippen LogP contribution in [0.4, 0.5) is 0 Å². The third kappa shape index (κ3) is 4.16. The third-order valence-electron chi connectivity index (χ3n) is 2.90. The average molecular weight is 361 g/mol. The van der Waals surface area contributed by atoms with Crippen LogP contribution in [0.25, 0.3) is 11.0 Å². The molecule has 2 rings (SSSR count). The minimum atomic E-state index is -5.00. The highest BCUT2D eigenvalue weighted by atomic mass is 32.3. The van der Waals surface area contributed by atoms with E-state index in [0.717, 1.165) is 0 Å². The Hall–Kier alpha value is -2.30. The Morgan fingerprint density at radius 1 is 1.21 bits per heavy atom. The summed E-state index contributed by atoms with van der Waals surface area (Å²) < 4.78 is 52.7. The van der Waals surface area contributed by atoms with Gasteiger partial charge in [0.05, 0.1) is 13.2 Å². The van der Waals surface area contributed by atoms with Crippen LogP contribution in [0.3, 0.4) is 0 Å². The summed E-state index contributed by atoms with van der Waals surface area (Å²) in [6.45, 7) is 5.28. The lowest BCUT2D eigenvalue weighted by atomic mass is 10.1. The number of aryl methyl sites for hydroxylation is 1. The van der Waals surface area contributed by atoms with E-state index in [1.807, 2.05) is 0 Å². The van der Waals surface area contributed by atoms with Gasteiger partial charge in [0, 0.05) is 11.5 Å². The number of quaternary nitrogens is 1. The van der Waals surface area contributed by atoms with Crippen molar-refractivity contribution in [1.82, 2.24) is 6.15 Å². The van der Waals surface area contributed by atoms with E-state index in [1.165, 1.54) is 12.1 Å². The maximum atomic E-state index is 12.0. The van der Waals surface area contributed by atoms with Gasteiger partial charge in [-0.25, -0.2) is 13.2 Å². The first-order valence-corrected chi connectivity index (χ1v) is 8.12. The number of benzene rings is 1. The van der Waals surface area contributed by atoms with E-state index >= 15 is 0 Å². The van der Waals surface area contributed by atoms with Gasteiger partial charge in [-0.15, -0.1) is 0 Å². The van der Waals surface area contributed by atoms with E-state index < -0.39 is 16.4 Å². The standard InChI is InChI=1S/C14H16O8S.H3N/c1-4-19-11-7-10-9(6-12(11)22-23(16,17)18)13(8(3)21-10)14(15)20-5-2;/h6-7H,4-5H2,1-3H3,(H,16,17,18);1H3. The summed E-state index contributed by atoms with van der Waals surface area (Å²) in [5.74, 6) is -0.629. The second-order valence-corrected chi connectivity index (χ2v) is 5.46. The molecule has 0 aliphatic carbocycles. The highest BCUT2D eigenvalue weighted by Gasteiger charge is 2.22. The number of fused-ring (bicyclic) bond motifs is 1. The lowest BCUT2D eigenvalue weighted by molar-refractivity contribution is 0.0526. The summed E-state index contributed by atoms with van der Waals surface area (Å²) in [5, 5.41) is 0.267. The second-order valence-electron chi connectivity index (χ2n) is 4.47. The molecule has 2 aromatic rings. The smallest absolute Gasteiger partial charge is 0.342 e. The zero-order valence-corrected chi connectivity index (χ0v) is 14.6. The fourth-order valence-electron chi connectivity index (χ4n) is 2.13. The number of esters is 1. The van der Waals surface area contributed by atoms with E-state index in [-0.39, 0.29) is 47.4 Å². The molecule has 4 N–H and O–H groups in total. The molecule has 24 heavy (non-hydrogen) atoms. The normalized spacial score (nSPS) is 11.0. The summed E-state index contributed by atoms with van der Waals surface area (Å²) in [4.78, 5) is 12.0. The SMILES string of the molecule is CCOC(=O)c1c(C)oc2cc(OCC)c(OS(=O)(=O)[O-])cc12.[NH4+]. The minimum absolute atomic E-state index is 0. The van der Waals surface area contributed by atoms with Crippen LogP contribution in [-0.4, -0.2) is 32.2 Å². The number of hydrogen-bond donors (Lipinski definition) is 1. The zero-order valence-electron chi connectivity index (χ0n) is 13.7. The summed E-state index contributed by atoms with van der Waals surface area (Å²) >= 11 is 0. The molecule has 0 fully saturated rings. The minimum Gasteiger partial charge on any atom is -0.716 e. The monoisotopic (exact) mass is 361 g/mol. The van der Waals surface area contributed by atoms with Crippen molar-refractivity contribution in [3.05, 3.63) is 23.5 Å². The van der Waals surface area contributed by atoms with Crippen LogP contribution < -0.4 is 15.1 Å². The van der Waals surface area contributed by atoms with Crippen LogP contribution in [0.1, 0.15) is 30.0 Å². The molecule has 0 bridgehead atoms. The predicted molar refractivity (Wildman–Crippen MR) is 84.4 cm³/mol. The number of furan rings is 1. The van der Waals surface area contributed by atoms with Crippen molar-refractivity contribution >= 4 is 27.3 Å². The highest BCUT2D eigenvalue weighted by molar-refractivity contribution is 7.81. The lowest BCUT2D eigenvalue weighted by Gasteiger charge is -2.13. The molecule has 10 heteroatoms. The Bertz CT molecular complexity index is 840. The van der Waals surface area contributed by atoms with E-state index in [1.54, 1.807) is 20.8 Å². The fraction of sp³-hybridized carbons (Fsp3) is 0.357. The van der Waals surface area contributed by atoms with Gasteiger partial charge >= 0.3 is 5.97 Å². The van der Waals surface area contributed by atoms with Gasteiger partial charge in [-0.05, 0) is 26.8 Å². The van der Waals surface area contributed by atoms with Crippen LogP contribution >= 0.6 is 0 Å². The van der Waals surface area contributed by atoms with Crippen molar-refractivity contribution in [2.24, 2.45) is 0 Å². The molecule has 0 atom stereocenters. The quantitative estimate of drug-likeness (QED) is 0.468. The molecule has 0 saturated carbocycles. The largest absolute Gasteiger partial charge is 0.716 e. The molecule has 9 nitrogen and oxygen atoms in total.